The molecule has 1 amide bonds. The van der Waals surface area contributed by atoms with Gasteiger partial charge in [0, 0.05) is 19.2 Å². The third kappa shape index (κ3) is 5.67. The van der Waals surface area contributed by atoms with E-state index in [1.165, 1.54) is 19.3 Å². The number of rotatable bonds is 7. The third-order valence-electron chi connectivity index (χ3n) is 4.77. The van der Waals surface area contributed by atoms with Crippen LogP contribution in [0.2, 0.25) is 0 Å². The summed E-state index contributed by atoms with van der Waals surface area (Å²) in [6, 6.07) is 9.83. The summed E-state index contributed by atoms with van der Waals surface area (Å²) < 4.78 is 5.75. The molecule has 6 heteroatoms. The van der Waals surface area contributed by atoms with Crippen molar-refractivity contribution in [1.82, 2.24) is 15.3 Å². The molecule has 1 aromatic carbocycles. The number of anilines is 1. The summed E-state index contributed by atoms with van der Waals surface area (Å²) in [5.41, 5.74) is 2.18. The van der Waals surface area contributed by atoms with E-state index in [1.54, 1.807) is 0 Å². The fourth-order valence-corrected chi connectivity index (χ4v) is 3.27. The van der Waals surface area contributed by atoms with E-state index in [4.69, 9.17) is 4.74 Å². The fraction of sp³-hybridized carbons (Fsp3) is 0.476. The van der Waals surface area contributed by atoms with Crippen LogP contribution in [-0.4, -0.2) is 42.1 Å². The number of nitrogens with zero attached hydrogens (tertiary/aromatic N) is 3. The van der Waals surface area contributed by atoms with Crippen molar-refractivity contribution in [1.29, 1.82) is 0 Å². The number of hydrogen-bond donors (Lipinski definition) is 1. The van der Waals surface area contributed by atoms with E-state index >= 15 is 0 Å². The molecule has 0 bridgehead atoms. The van der Waals surface area contributed by atoms with Gasteiger partial charge < -0.3 is 15.0 Å². The fourth-order valence-electron chi connectivity index (χ4n) is 3.27. The van der Waals surface area contributed by atoms with Crippen LogP contribution in [0.25, 0.3) is 0 Å². The molecule has 1 fully saturated rings. The van der Waals surface area contributed by atoms with Gasteiger partial charge in [-0.15, -0.1) is 0 Å². The Hall–Kier alpha value is -2.63. The first-order valence-electron chi connectivity index (χ1n) is 9.66. The number of aromatic nitrogens is 2. The van der Waals surface area contributed by atoms with Gasteiger partial charge in [-0.2, -0.15) is 4.98 Å². The molecule has 1 saturated heterocycles. The van der Waals surface area contributed by atoms with Gasteiger partial charge in [0.2, 0.25) is 11.8 Å². The summed E-state index contributed by atoms with van der Waals surface area (Å²) in [6.45, 7) is 6.80. The Balaban J connectivity index is 1.46. The van der Waals surface area contributed by atoms with Crippen LogP contribution in [0, 0.1) is 13.8 Å². The van der Waals surface area contributed by atoms with Gasteiger partial charge >= 0.3 is 0 Å². The lowest BCUT2D eigenvalue weighted by Crippen LogP contribution is -2.31. The predicted molar refractivity (Wildman–Crippen MR) is 106 cm³/mol. The lowest BCUT2D eigenvalue weighted by molar-refractivity contribution is -0.120. The minimum atomic E-state index is 0.000717. The van der Waals surface area contributed by atoms with Gasteiger partial charge in [-0.1, -0.05) is 24.3 Å². The Labute approximate surface area is 161 Å². The smallest absolute Gasteiger partial charge is 0.224 e. The van der Waals surface area contributed by atoms with Crippen LogP contribution in [-0.2, 0) is 11.2 Å². The highest BCUT2D eigenvalue weighted by Gasteiger charge is 2.14. The first-order chi connectivity index (χ1) is 13.1. The minimum Gasteiger partial charge on any atom is -0.476 e. The summed E-state index contributed by atoms with van der Waals surface area (Å²) >= 11 is 0. The van der Waals surface area contributed by atoms with E-state index in [2.05, 4.69) is 20.2 Å². The van der Waals surface area contributed by atoms with Crippen molar-refractivity contribution in [3.63, 3.8) is 0 Å². The molecule has 27 heavy (non-hydrogen) atoms. The Bertz CT molecular complexity index is 773. The molecule has 2 aromatic rings. The normalized spacial score (nSPS) is 14.1. The third-order valence-corrected chi connectivity index (χ3v) is 4.77. The zero-order valence-corrected chi connectivity index (χ0v) is 16.2. The molecule has 2 heterocycles. The molecule has 0 radical (unpaired) electrons. The minimum absolute atomic E-state index is 0.000717. The Morgan fingerprint density at radius 3 is 2.70 bits per heavy atom. The molecular formula is C21H28N4O2. The second-order valence-electron chi connectivity index (χ2n) is 6.96. The van der Waals surface area contributed by atoms with Crippen LogP contribution in [0.3, 0.4) is 0 Å². The summed E-state index contributed by atoms with van der Waals surface area (Å²) in [7, 11) is 0. The average Bonchev–Trinajstić information content (AvgIpc) is 2.67. The van der Waals surface area contributed by atoms with Gasteiger partial charge in [-0.3, -0.25) is 4.79 Å². The number of ether oxygens (including phenoxy) is 1. The van der Waals surface area contributed by atoms with Crippen LogP contribution in [0.15, 0.2) is 30.3 Å². The van der Waals surface area contributed by atoms with E-state index in [-0.39, 0.29) is 5.91 Å². The van der Waals surface area contributed by atoms with Crippen LogP contribution in [0.5, 0.6) is 5.88 Å². The van der Waals surface area contributed by atoms with E-state index in [9.17, 15) is 4.79 Å². The lowest BCUT2D eigenvalue weighted by atomic mass is 10.1. The lowest BCUT2D eigenvalue weighted by Gasteiger charge is -2.28. The molecule has 1 N–H and O–H groups in total. The summed E-state index contributed by atoms with van der Waals surface area (Å²) in [5, 5.41) is 2.90. The maximum Gasteiger partial charge on any atom is 0.224 e. The standard InChI is InChI=1S/C21H28N4O2/c1-16-8-4-5-9-18(16)14-20(26)22-10-13-27-21-15-19(23-17(2)24-21)25-11-6-3-7-12-25/h4-5,8-9,15H,3,6-7,10-14H2,1-2H3,(H,22,26). The van der Waals surface area contributed by atoms with E-state index in [1.807, 2.05) is 44.2 Å². The first-order valence-corrected chi connectivity index (χ1v) is 9.66. The number of aryl methyl sites for hydroxylation is 2. The second kappa shape index (κ2) is 9.35. The number of hydrogen-bond acceptors (Lipinski definition) is 5. The van der Waals surface area contributed by atoms with E-state index in [0.717, 1.165) is 30.0 Å². The maximum atomic E-state index is 12.1. The Morgan fingerprint density at radius 2 is 1.93 bits per heavy atom. The molecular weight excluding hydrogens is 340 g/mol. The number of amides is 1. The molecule has 0 saturated carbocycles. The highest BCUT2D eigenvalue weighted by molar-refractivity contribution is 5.78. The molecule has 0 unspecified atom stereocenters. The summed E-state index contributed by atoms with van der Waals surface area (Å²) in [6.07, 6.45) is 4.07. The largest absolute Gasteiger partial charge is 0.476 e. The molecule has 0 aliphatic carbocycles. The molecule has 0 atom stereocenters. The van der Waals surface area contributed by atoms with Gasteiger partial charge in [0.05, 0.1) is 13.0 Å². The van der Waals surface area contributed by atoms with Gasteiger partial charge in [0.15, 0.2) is 0 Å². The number of carbonyl (C=O) groups excluding carboxylic acids is 1. The molecule has 0 spiro atoms. The van der Waals surface area contributed by atoms with Gasteiger partial charge in [-0.05, 0) is 44.2 Å². The quantitative estimate of drug-likeness (QED) is 0.761. The Morgan fingerprint density at radius 1 is 1.15 bits per heavy atom. The first kappa shape index (κ1) is 19.1. The van der Waals surface area contributed by atoms with Crippen molar-refractivity contribution < 1.29 is 9.53 Å². The highest BCUT2D eigenvalue weighted by Crippen LogP contribution is 2.21. The number of piperidine rings is 1. The summed E-state index contributed by atoms with van der Waals surface area (Å²) in [5.74, 6) is 2.20. The van der Waals surface area contributed by atoms with Crippen LogP contribution in [0.4, 0.5) is 5.82 Å². The van der Waals surface area contributed by atoms with Crippen molar-refractivity contribution in [2.45, 2.75) is 39.5 Å². The Kier molecular flexibility index (Phi) is 6.63. The van der Waals surface area contributed by atoms with Crippen molar-refractivity contribution in [2.24, 2.45) is 0 Å². The van der Waals surface area contributed by atoms with Gasteiger partial charge in [-0.25, -0.2) is 4.98 Å². The zero-order chi connectivity index (χ0) is 19.1. The van der Waals surface area contributed by atoms with Gasteiger partial charge in [0.1, 0.15) is 18.2 Å². The molecule has 1 aromatic heterocycles. The zero-order valence-electron chi connectivity index (χ0n) is 16.2. The predicted octanol–water partition coefficient (Wildman–Crippen LogP) is 2.82. The SMILES string of the molecule is Cc1nc(OCCNC(=O)Cc2ccccc2C)cc(N2CCCCC2)n1. The van der Waals surface area contributed by atoms with Crippen molar-refractivity contribution >= 4 is 11.7 Å². The maximum absolute atomic E-state index is 12.1. The van der Waals surface area contributed by atoms with Crippen molar-refractivity contribution in [2.75, 3.05) is 31.1 Å². The van der Waals surface area contributed by atoms with Gasteiger partial charge in [0.25, 0.3) is 0 Å². The molecule has 3 rings (SSSR count). The van der Waals surface area contributed by atoms with Crippen LogP contribution < -0.4 is 15.0 Å². The summed E-state index contributed by atoms with van der Waals surface area (Å²) in [4.78, 5) is 23.3. The van der Waals surface area contributed by atoms with E-state index < -0.39 is 0 Å². The monoisotopic (exact) mass is 368 g/mol. The average molecular weight is 368 g/mol. The van der Waals surface area contributed by atoms with E-state index in [0.29, 0.717) is 31.3 Å². The topological polar surface area (TPSA) is 67.3 Å². The molecule has 144 valence electrons. The van der Waals surface area contributed by atoms with Crippen molar-refractivity contribution in [3.05, 3.63) is 47.3 Å². The van der Waals surface area contributed by atoms with Crippen molar-refractivity contribution in [3.8, 4) is 5.88 Å². The number of benzene rings is 1. The van der Waals surface area contributed by atoms with Crippen LogP contribution >= 0.6 is 0 Å². The number of nitrogens with one attached hydrogen (secondary N) is 1. The molecule has 1 aliphatic heterocycles. The van der Waals surface area contributed by atoms with Crippen LogP contribution in [0.1, 0.15) is 36.2 Å². The molecule has 6 nitrogen and oxygen atoms in total. The second-order valence-corrected chi connectivity index (χ2v) is 6.96. The number of carbonyl (C=O) groups is 1. The highest BCUT2D eigenvalue weighted by atomic mass is 16.5. The molecule has 1 aliphatic rings.